The van der Waals surface area contributed by atoms with Crippen molar-refractivity contribution in [2.24, 2.45) is 0 Å². The molecule has 8 nitrogen and oxygen atoms in total. The highest BCUT2D eigenvalue weighted by molar-refractivity contribution is 6.32. The first-order chi connectivity index (χ1) is 15.5. The number of benzene rings is 2. The van der Waals surface area contributed by atoms with Gasteiger partial charge in [0.2, 0.25) is 0 Å². The summed E-state index contributed by atoms with van der Waals surface area (Å²) in [5, 5.41) is 3.42. The Morgan fingerprint density at radius 3 is 2.62 bits per heavy atom. The van der Waals surface area contributed by atoms with E-state index < -0.39 is 17.2 Å². The van der Waals surface area contributed by atoms with Gasteiger partial charge >= 0.3 is 5.69 Å². The van der Waals surface area contributed by atoms with Crippen LogP contribution in [0, 0.1) is 0 Å². The van der Waals surface area contributed by atoms with E-state index in [1.54, 1.807) is 36.4 Å². The molecule has 0 radical (unpaired) electrons. The zero-order valence-electron chi connectivity index (χ0n) is 17.1. The summed E-state index contributed by atoms with van der Waals surface area (Å²) >= 11 is 6.10. The molecule has 2 aromatic carbocycles. The number of pyridine rings is 1. The molecule has 1 amide bonds. The number of carbonyl (C=O) groups is 1. The third-order valence-corrected chi connectivity index (χ3v) is 5.03. The lowest BCUT2D eigenvalue weighted by atomic mass is 10.2. The van der Waals surface area contributed by atoms with E-state index in [1.165, 1.54) is 16.8 Å². The van der Waals surface area contributed by atoms with Gasteiger partial charge in [0.25, 0.3) is 11.5 Å². The number of aromatic amines is 1. The van der Waals surface area contributed by atoms with Gasteiger partial charge in [0.1, 0.15) is 17.1 Å². The first-order valence-electron chi connectivity index (χ1n) is 9.93. The highest BCUT2D eigenvalue weighted by Gasteiger charge is 2.13. The third kappa shape index (κ3) is 4.40. The number of carbonyl (C=O) groups excluding carboxylic acids is 1. The number of aryl methyl sites for hydroxylation is 1. The van der Waals surface area contributed by atoms with Crippen molar-refractivity contribution in [3.63, 3.8) is 0 Å². The zero-order chi connectivity index (χ0) is 22.7. The first-order valence-corrected chi connectivity index (χ1v) is 10.3. The predicted molar refractivity (Wildman–Crippen MR) is 123 cm³/mol. The van der Waals surface area contributed by atoms with Gasteiger partial charge in [-0.2, -0.15) is 0 Å². The highest BCUT2D eigenvalue weighted by atomic mass is 35.5. The summed E-state index contributed by atoms with van der Waals surface area (Å²) in [5.41, 5.74) is -0.125. The molecule has 4 aromatic rings. The van der Waals surface area contributed by atoms with E-state index in [2.05, 4.69) is 15.3 Å². The fourth-order valence-electron chi connectivity index (χ4n) is 3.19. The molecule has 0 spiro atoms. The number of aromatic nitrogens is 3. The fourth-order valence-corrected chi connectivity index (χ4v) is 3.36. The number of nitrogens with zero attached hydrogens (tertiary/aromatic N) is 2. The Morgan fingerprint density at radius 1 is 1.16 bits per heavy atom. The smallest absolute Gasteiger partial charge is 0.329 e. The van der Waals surface area contributed by atoms with Crippen LogP contribution >= 0.6 is 11.6 Å². The molecule has 2 heterocycles. The zero-order valence-corrected chi connectivity index (χ0v) is 17.8. The van der Waals surface area contributed by atoms with Crippen molar-refractivity contribution in [3.8, 4) is 11.5 Å². The first kappa shape index (κ1) is 21.3. The topological polar surface area (TPSA) is 106 Å². The van der Waals surface area contributed by atoms with E-state index in [-0.39, 0.29) is 16.6 Å². The van der Waals surface area contributed by atoms with E-state index in [9.17, 15) is 14.4 Å². The number of amides is 1. The van der Waals surface area contributed by atoms with Crippen LogP contribution in [0.2, 0.25) is 5.02 Å². The van der Waals surface area contributed by atoms with Crippen molar-refractivity contribution >= 4 is 34.2 Å². The number of nitrogens with one attached hydrogen (secondary N) is 2. The van der Waals surface area contributed by atoms with Crippen molar-refractivity contribution in [1.29, 1.82) is 0 Å². The largest absolute Gasteiger partial charge is 0.456 e. The number of halogens is 1. The molecule has 0 fully saturated rings. The van der Waals surface area contributed by atoms with Crippen LogP contribution in [-0.4, -0.2) is 20.4 Å². The molecular weight excluding hydrogens is 432 g/mol. The van der Waals surface area contributed by atoms with Crippen LogP contribution < -0.4 is 21.3 Å². The van der Waals surface area contributed by atoms with Gasteiger partial charge in [-0.25, -0.2) is 9.78 Å². The molecule has 0 aliphatic heterocycles. The van der Waals surface area contributed by atoms with Gasteiger partial charge in [-0.1, -0.05) is 30.7 Å². The predicted octanol–water partition coefficient (Wildman–Crippen LogP) is 4.19. The van der Waals surface area contributed by atoms with Crippen molar-refractivity contribution in [3.05, 3.63) is 92.2 Å². The summed E-state index contributed by atoms with van der Waals surface area (Å²) in [6.45, 7) is 2.32. The van der Waals surface area contributed by atoms with E-state index in [4.69, 9.17) is 16.3 Å². The molecule has 162 valence electrons. The average molecular weight is 451 g/mol. The van der Waals surface area contributed by atoms with Gasteiger partial charge in [-0.05, 0) is 48.9 Å². The number of fused-ring (bicyclic) bond motifs is 1. The average Bonchev–Trinajstić information content (AvgIpc) is 2.79. The molecule has 0 saturated heterocycles. The van der Waals surface area contributed by atoms with Crippen LogP contribution in [0.4, 0.5) is 5.69 Å². The van der Waals surface area contributed by atoms with E-state index >= 15 is 0 Å². The molecule has 2 aromatic heterocycles. The number of rotatable bonds is 6. The Hall–Kier alpha value is -3.91. The summed E-state index contributed by atoms with van der Waals surface area (Å²) in [7, 11) is 0. The Kier molecular flexibility index (Phi) is 6.04. The fraction of sp³-hybridized carbons (Fsp3) is 0.130. The summed E-state index contributed by atoms with van der Waals surface area (Å²) < 4.78 is 7.12. The maximum absolute atomic E-state index is 12.7. The Balaban J connectivity index is 1.54. The van der Waals surface area contributed by atoms with Gasteiger partial charge < -0.3 is 10.1 Å². The summed E-state index contributed by atoms with van der Waals surface area (Å²) in [6, 6.07) is 15.3. The molecule has 0 unspecified atom stereocenters. The number of ether oxygens (including phenoxy) is 1. The molecule has 0 aliphatic carbocycles. The summed E-state index contributed by atoms with van der Waals surface area (Å²) in [5.74, 6) is 0.649. The standard InChI is InChI=1S/C23H19ClN4O4/c1-2-11-28-20-17(22(30)27-23(28)31)12-14(13-25-20)21(29)26-15-7-9-16(10-8-15)32-19-6-4-3-5-18(19)24/h3-10,12-13H,2,11H2,1H3,(H,26,29)(H,27,30,31). The molecule has 0 aliphatic rings. The van der Waals surface area contributed by atoms with Crippen molar-refractivity contribution in [1.82, 2.24) is 14.5 Å². The number of hydrogen-bond acceptors (Lipinski definition) is 5. The van der Waals surface area contributed by atoms with E-state index in [1.807, 2.05) is 19.1 Å². The Labute approximate surface area is 187 Å². The van der Waals surface area contributed by atoms with E-state index in [0.29, 0.717) is 35.2 Å². The lowest BCUT2D eigenvalue weighted by molar-refractivity contribution is 0.102. The van der Waals surface area contributed by atoms with Crippen LogP contribution in [-0.2, 0) is 6.54 Å². The van der Waals surface area contributed by atoms with E-state index in [0.717, 1.165) is 0 Å². The van der Waals surface area contributed by atoms with Crippen LogP contribution in [0.5, 0.6) is 11.5 Å². The Morgan fingerprint density at radius 2 is 1.91 bits per heavy atom. The normalized spacial score (nSPS) is 10.8. The summed E-state index contributed by atoms with van der Waals surface area (Å²) in [6.07, 6.45) is 2.04. The SMILES string of the molecule is CCCn1c(=O)[nH]c(=O)c2cc(C(=O)Nc3ccc(Oc4ccccc4Cl)cc3)cnc21. The number of anilines is 1. The molecule has 32 heavy (non-hydrogen) atoms. The molecule has 9 heteroatoms. The number of hydrogen-bond donors (Lipinski definition) is 2. The monoisotopic (exact) mass is 450 g/mol. The molecular formula is C23H19ClN4O4. The van der Waals surface area contributed by atoms with Gasteiger partial charge in [0.05, 0.1) is 16.0 Å². The maximum Gasteiger partial charge on any atom is 0.329 e. The lowest BCUT2D eigenvalue weighted by Gasteiger charge is -2.10. The van der Waals surface area contributed by atoms with Crippen LogP contribution in [0.15, 0.2) is 70.4 Å². The molecule has 0 saturated carbocycles. The quantitative estimate of drug-likeness (QED) is 0.458. The third-order valence-electron chi connectivity index (χ3n) is 4.72. The maximum atomic E-state index is 12.7. The van der Waals surface area contributed by atoms with Crippen LogP contribution in [0.25, 0.3) is 11.0 Å². The van der Waals surface area contributed by atoms with Gasteiger partial charge in [-0.15, -0.1) is 0 Å². The van der Waals surface area contributed by atoms with Crippen molar-refractivity contribution in [2.75, 3.05) is 5.32 Å². The minimum Gasteiger partial charge on any atom is -0.456 e. The lowest BCUT2D eigenvalue weighted by Crippen LogP contribution is -2.31. The second kappa shape index (κ2) is 9.07. The summed E-state index contributed by atoms with van der Waals surface area (Å²) in [4.78, 5) is 43.4. The second-order valence-electron chi connectivity index (χ2n) is 7.02. The molecule has 2 N–H and O–H groups in total. The van der Waals surface area contributed by atoms with Crippen molar-refractivity contribution in [2.45, 2.75) is 19.9 Å². The molecule has 0 bridgehead atoms. The molecule has 4 rings (SSSR count). The second-order valence-corrected chi connectivity index (χ2v) is 7.42. The van der Waals surface area contributed by atoms with Gasteiger partial charge in [-0.3, -0.25) is 19.1 Å². The van der Waals surface area contributed by atoms with Crippen LogP contribution in [0.3, 0.4) is 0 Å². The Bertz CT molecular complexity index is 1410. The number of H-pyrrole nitrogens is 1. The van der Waals surface area contributed by atoms with Crippen LogP contribution in [0.1, 0.15) is 23.7 Å². The van der Waals surface area contributed by atoms with Crippen molar-refractivity contribution < 1.29 is 9.53 Å². The minimum absolute atomic E-state index is 0.175. The molecule has 0 atom stereocenters. The van der Waals surface area contributed by atoms with Gasteiger partial charge in [0.15, 0.2) is 0 Å². The van der Waals surface area contributed by atoms with Gasteiger partial charge in [0, 0.05) is 18.4 Å². The number of para-hydroxylation sites is 1. The highest BCUT2D eigenvalue weighted by Crippen LogP contribution is 2.29. The minimum atomic E-state index is -0.583.